The summed E-state index contributed by atoms with van der Waals surface area (Å²) in [6, 6.07) is 122. The lowest BCUT2D eigenvalue weighted by atomic mass is 9.62. The fraction of sp³-hybridized carbons (Fsp3) is 0.0465. The van der Waals surface area contributed by atoms with Gasteiger partial charge in [-0.1, -0.05) is 267 Å². The number of hydrogen-bond acceptors (Lipinski definition) is 3. The molecule has 2 unspecified atom stereocenters. The zero-order valence-corrected chi connectivity index (χ0v) is 49.3. The van der Waals surface area contributed by atoms with E-state index < -0.39 is 10.8 Å². The molecular formula is C86H58N4. The van der Waals surface area contributed by atoms with Crippen molar-refractivity contribution < 1.29 is 0 Å². The number of benzene rings is 13. The van der Waals surface area contributed by atoms with E-state index in [1.54, 1.807) is 0 Å². The average Bonchev–Trinajstić information content (AvgIpc) is 1.38. The molecule has 0 radical (unpaired) electrons. The Labute approximate surface area is 524 Å². The van der Waals surface area contributed by atoms with E-state index in [0.29, 0.717) is 0 Å². The number of anilines is 8. The molecule has 90 heavy (non-hydrogen) atoms. The van der Waals surface area contributed by atoms with Crippen molar-refractivity contribution in [2.75, 3.05) is 14.7 Å². The lowest BCUT2D eigenvalue weighted by Crippen LogP contribution is -2.38. The van der Waals surface area contributed by atoms with Gasteiger partial charge in [-0.3, -0.25) is 0 Å². The molecule has 19 rings (SSSR count). The van der Waals surface area contributed by atoms with Gasteiger partial charge in [-0.05, 0) is 145 Å². The molecule has 4 heteroatoms. The zero-order valence-electron chi connectivity index (χ0n) is 49.3. The van der Waals surface area contributed by atoms with Crippen LogP contribution in [0.4, 0.5) is 45.5 Å². The van der Waals surface area contributed by atoms with Crippen molar-refractivity contribution in [1.29, 1.82) is 0 Å². The minimum Gasteiger partial charge on any atom is -0.329 e. The lowest BCUT2D eigenvalue weighted by Gasteiger charge is -2.46. The van der Waals surface area contributed by atoms with Gasteiger partial charge >= 0.3 is 0 Å². The molecule has 0 spiro atoms. The second-order valence-corrected chi connectivity index (χ2v) is 24.6. The fourth-order valence-electron chi connectivity index (χ4n) is 17.0. The van der Waals surface area contributed by atoms with Gasteiger partial charge in [-0.2, -0.15) is 0 Å². The molecule has 5 heterocycles. The summed E-state index contributed by atoms with van der Waals surface area (Å²) in [6.45, 7) is 0. The zero-order chi connectivity index (χ0) is 59.1. The Hall–Kier alpha value is -11.5. The third-order valence-electron chi connectivity index (χ3n) is 20.4. The van der Waals surface area contributed by atoms with Gasteiger partial charge in [-0.25, -0.2) is 0 Å². The van der Waals surface area contributed by atoms with Crippen molar-refractivity contribution >= 4 is 78.6 Å². The molecule has 422 valence electrons. The van der Waals surface area contributed by atoms with Gasteiger partial charge in [0.2, 0.25) is 0 Å². The van der Waals surface area contributed by atoms with Crippen molar-refractivity contribution in [1.82, 2.24) is 4.57 Å². The van der Waals surface area contributed by atoms with Gasteiger partial charge in [0.15, 0.2) is 0 Å². The number of allylic oxidation sites excluding steroid dienone is 2. The molecular weight excluding hydrogens is 1090 g/mol. The van der Waals surface area contributed by atoms with Gasteiger partial charge in [0, 0.05) is 39.4 Å². The molecule has 1 aromatic heterocycles. The highest BCUT2D eigenvalue weighted by Gasteiger charge is 2.51. The Kier molecular flexibility index (Phi) is 11.0. The summed E-state index contributed by atoms with van der Waals surface area (Å²) in [7, 11) is 0. The highest BCUT2D eigenvalue weighted by Crippen LogP contribution is 2.63. The van der Waals surface area contributed by atoms with Gasteiger partial charge in [0.1, 0.15) is 0 Å². The first-order chi connectivity index (χ1) is 44.7. The Balaban J connectivity index is 0.723. The molecule has 2 atom stereocenters. The van der Waals surface area contributed by atoms with Crippen LogP contribution in [-0.4, -0.2) is 10.6 Å². The summed E-state index contributed by atoms with van der Waals surface area (Å²) < 4.78 is 2.61. The predicted octanol–water partition coefficient (Wildman–Crippen LogP) is 21.3. The normalized spacial score (nSPS) is 16.7. The first kappa shape index (κ1) is 50.7. The summed E-state index contributed by atoms with van der Waals surface area (Å²) >= 11 is 0. The van der Waals surface area contributed by atoms with Crippen LogP contribution in [-0.2, 0) is 10.8 Å². The largest absolute Gasteiger partial charge is 0.329 e. The van der Waals surface area contributed by atoms with E-state index in [1.807, 2.05) is 0 Å². The van der Waals surface area contributed by atoms with Crippen LogP contribution in [0.15, 0.2) is 340 Å². The predicted molar refractivity (Wildman–Crippen MR) is 372 cm³/mol. The number of aromatic nitrogens is 1. The van der Waals surface area contributed by atoms with Gasteiger partial charge in [0.05, 0.1) is 56.3 Å². The topological polar surface area (TPSA) is 14.7 Å². The SMILES string of the molecule is C1=C(c2ccc(N3c4ccccc4C(c4ccccc4)(c4ccccc4)c4ccccc43)cc2)C2c3ccccc3N3c4ccc(-c5ccc(N6c7ccccc7C(c7ccccc7)(c7ccccc7)c7ccccc76)cc5)c5c6ccccc6n(c45)C(=C1)C23. The van der Waals surface area contributed by atoms with E-state index >= 15 is 0 Å². The first-order valence-electron chi connectivity index (χ1n) is 31.5. The maximum absolute atomic E-state index is 2.67. The average molecular weight is 1150 g/mol. The Bertz CT molecular complexity index is 5080. The smallest absolute Gasteiger partial charge is 0.0857 e. The van der Waals surface area contributed by atoms with Crippen molar-refractivity contribution in [3.05, 3.63) is 395 Å². The third-order valence-corrected chi connectivity index (χ3v) is 20.4. The van der Waals surface area contributed by atoms with Crippen LogP contribution in [0, 0.1) is 0 Å². The van der Waals surface area contributed by atoms with Gasteiger partial charge in [-0.15, -0.1) is 0 Å². The molecule has 5 aliphatic rings. The van der Waals surface area contributed by atoms with Gasteiger partial charge < -0.3 is 19.3 Å². The summed E-state index contributed by atoms with van der Waals surface area (Å²) in [4.78, 5) is 7.63. The van der Waals surface area contributed by atoms with Crippen LogP contribution < -0.4 is 14.7 Å². The van der Waals surface area contributed by atoms with Gasteiger partial charge in [0.25, 0.3) is 0 Å². The van der Waals surface area contributed by atoms with Crippen molar-refractivity contribution in [3.63, 3.8) is 0 Å². The molecule has 14 aromatic rings. The van der Waals surface area contributed by atoms with Crippen LogP contribution in [0.1, 0.15) is 61.6 Å². The van der Waals surface area contributed by atoms with E-state index in [-0.39, 0.29) is 12.0 Å². The monoisotopic (exact) mass is 1150 g/mol. The van der Waals surface area contributed by atoms with E-state index in [9.17, 15) is 0 Å². The highest BCUT2D eigenvalue weighted by molar-refractivity contribution is 6.22. The number of fused-ring (bicyclic) bond motifs is 12. The Morgan fingerprint density at radius 2 is 0.700 bits per heavy atom. The third kappa shape index (κ3) is 6.85. The van der Waals surface area contributed by atoms with E-state index in [0.717, 1.165) is 11.4 Å². The molecule has 0 saturated carbocycles. The molecule has 0 bridgehead atoms. The van der Waals surface area contributed by atoms with Crippen LogP contribution in [0.2, 0.25) is 0 Å². The summed E-state index contributed by atoms with van der Waals surface area (Å²) in [6.07, 6.45) is 4.86. The number of hydrogen-bond donors (Lipinski definition) is 0. The highest BCUT2D eigenvalue weighted by atomic mass is 15.3. The molecule has 13 aromatic carbocycles. The molecule has 1 aliphatic carbocycles. The van der Waals surface area contributed by atoms with Crippen molar-refractivity contribution in [3.8, 4) is 11.1 Å². The second-order valence-electron chi connectivity index (χ2n) is 24.6. The molecule has 4 aliphatic heterocycles. The summed E-state index contributed by atoms with van der Waals surface area (Å²) in [5.74, 6) is 0.0908. The molecule has 4 nitrogen and oxygen atoms in total. The quantitative estimate of drug-likeness (QED) is 0.151. The van der Waals surface area contributed by atoms with E-state index in [4.69, 9.17) is 0 Å². The fourth-order valence-corrected chi connectivity index (χ4v) is 17.0. The maximum atomic E-state index is 2.67. The van der Waals surface area contributed by atoms with Crippen LogP contribution in [0.25, 0.3) is 44.2 Å². The lowest BCUT2D eigenvalue weighted by molar-refractivity contribution is 0.731. The van der Waals surface area contributed by atoms with E-state index in [1.165, 1.54) is 134 Å². The molecule has 0 N–H and O–H groups in total. The van der Waals surface area contributed by atoms with E-state index in [2.05, 4.69) is 359 Å². The minimum absolute atomic E-state index is 0.0430. The Morgan fingerprint density at radius 1 is 0.300 bits per heavy atom. The molecule has 0 amide bonds. The van der Waals surface area contributed by atoms with Crippen molar-refractivity contribution in [2.45, 2.75) is 22.8 Å². The minimum atomic E-state index is -0.526. The number of nitrogens with zero attached hydrogens (tertiary/aromatic N) is 4. The second kappa shape index (κ2) is 19.5. The number of para-hydroxylation sites is 6. The first-order valence-corrected chi connectivity index (χ1v) is 31.5. The molecule has 0 saturated heterocycles. The number of rotatable bonds is 8. The summed E-state index contributed by atoms with van der Waals surface area (Å²) in [5, 5.41) is 2.53. The molecule has 0 fully saturated rings. The van der Waals surface area contributed by atoms with Crippen LogP contribution in [0.5, 0.6) is 0 Å². The Morgan fingerprint density at radius 3 is 1.18 bits per heavy atom. The summed E-state index contributed by atoms with van der Waals surface area (Å²) in [5.41, 5.74) is 28.5. The van der Waals surface area contributed by atoms with Crippen LogP contribution >= 0.6 is 0 Å². The van der Waals surface area contributed by atoms with Crippen molar-refractivity contribution in [2.24, 2.45) is 0 Å². The standard InChI is InChI=1S/C86H58N4/c1-5-25-59(26-6-1)85(60-27-7-2-8-28-60)69-35-15-21-41-75(69)87(76-42-22-16-36-70(76)85)63-49-45-57(46-50-63)65-53-55-79-83-81(65)67-33-13-19-39-73(67)89(83)80-56-54-66(82-68-34-14-20-40-74(68)90(79)84(80)82)58-47-51-64(52-48-58)88-77-43-23-17-37-71(77)86(61-29-9-3-10-30-61,62-31-11-4-12-32-62)72-38-18-24-44-78(72)88/h1-56,81,83H. The van der Waals surface area contributed by atoms with Crippen LogP contribution in [0.3, 0.4) is 0 Å². The maximum Gasteiger partial charge on any atom is 0.0857 e.